The van der Waals surface area contributed by atoms with E-state index >= 15 is 0 Å². The molecule has 2 N–H and O–H groups in total. The zero-order valence-corrected chi connectivity index (χ0v) is 10.3. The van der Waals surface area contributed by atoms with Crippen LogP contribution >= 0.6 is 0 Å². The summed E-state index contributed by atoms with van der Waals surface area (Å²) in [7, 11) is 1.58. The van der Waals surface area contributed by atoms with E-state index < -0.39 is 0 Å². The van der Waals surface area contributed by atoms with Crippen LogP contribution in [-0.2, 0) is 6.42 Å². The Labute approximate surface area is 106 Å². The summed E-state index contributed by atoms with van der Waals surface area (Å²) in [5.41, 5.74) is 6.70. The first-order valence-corrected chi connectivity index (χ1v) is 5.80. The Morgan fingerprint density at radius 1 is 1.06 bits per heavy atom. The fraction of sp³-hybridized carbons (Fsp3) is 0.214. The zero-order valence-electron chi connectivity index (χ0n) is 10.3. The third-order valence-electron chi connectivity index (χ3n) is 2.49. The molecule has 4 heteroatoms. The summed E-state index contributed by atoms with van der Waals surface area (Å²) in [6.07, 6.45) is 0.873. The molecule has 0 amide bonds. The minimum atomic E-state index is 0.515. The van der Waals surface area contributed by atoms with Gasteiger partial charge in [0.15, 0.2) is 0 Å². The fourth-order valence-electron chi connectivity index (χ4n) is 1.58. The van der Waals surface area contributed by atoms with Gasteiger partial charge in [-0.3, -0.25) is 0 Å². The summed E-state index contributed by atoms with van der Waals surface area (Å²) in [4.78, 5) is 4.18. The molecule has 0 atom stereocenters. The lowest BCUT2D eigenvalue weighted by Crippen LogP contribution is -2.02. The van der Waals surface area contributed by atoms with Crippen molar-refractivity contribution in [2.75, 3.05) is 13.7 Å². The van der Waals surface area contributed by atoms with Gasteiger partial charge in [-0.05, 0) is 30.7 Å². The molecular weight excluding hydrogens is 228 g/mol. The molecule has 0 aliphatic carbocycles. The lowest BCUT2D eigenvalue weighted by molar-refractivity contribution is 0.383. The van der Waals surface area contributed by atoms with Crippen molar-refractivity contribution in [3.05, 3.63) is 48.0 Å². The van der Waals surface area contributed by atoms with Crippen molar-refractivity contribution in [2.45, 2.75) is 6.42 Å². The molecule has 0 unspecified atom stereocenters. The van der Waals surface area contributed by atoms with E-state index in [2.05, 4.69) is 4.98 Å². The van der Waals surface area contributed by atoms with Crippen LogP contribution in [0, 0.1) is 0 Å². The van der Waals surface area contributed by atoms with Crippen molar-refractivity contribution in [1.29, 1.82) is 0 Å². The van der Waals surface area contributed by atoms with Gasteiger partial charge in [-0.15, -0.1) is 0 Å². The topological polar surface area (TPSA) is 57.4 Å². The smallest absolute Gasteiger partial charge is 0.222 e. The van der Waals surface area contributed by atoms with Crippen LogP contribution in [0.3, 0.4) is 0 Å². The van der Waals surface area contributed by atoms with Crippen LogP contribution in [0.1, 0.15) is 5.56 Å². The minimum Gasteiger partial charge on any atom is -0.481 e. The SMILES string of the molecule is COc1cccc(Oc2ccc(CCN)cc2)n1. The van der Waals surface area contributed by atoms with Crippen molar-refractivity contribution >= 4 is 0 Å². The molecule has 0 bridgehead atoms. The summed E-state index contributed by atoms with van der Waals surface area (Å²) >= 11 is 0. The second kappa shape index (κ2) is 6.02. The van der Waals surface area contributed by atoms with E-state index in [4.69, 9.17) is 15.2 Å². The van der Waals surface area contributed by atoms with Crippen LogP contribution in [0.4, 0.5) is 0 Å². The van der Waals surface area contributed by atoms with E-state index in [1.54, 1.807) is 19.2 Å². The van der Waals surface area contributed by atoms with Gasteiger partial charge in [-0.1, -0.05) is 18.2 Å². The Balaban J connectivity index is 2.08. The summed E-state index contributed by atoms with van der Waals surface area (Å²) in [6.45, 7) is 0.650. The molecule has 1 aromatic carbocycles. The molecule has 2 rings (SSSR count). The van der Waals surface area contributed by atoms with E-state index in [1.165, 1.54) is 5.56 Å². The number of nitrogens with zero attached hydrogens (tertiary/aromatic N) is 1. The number of hydrogen-bond acceptors (Lipinski definition) is 4. The van der Waals surface area contributed by atoms with Crippen LogP contribution in [-0.4, -0.2) is 18.6 Å². The number of rotatable bonds is 5. The second-order valence-electron chi connectivity index (χ2n) is 3.80. The Morgan fingerprint density at radius 3 is 2.44 bits per heavy atom. The second-order valence-corrected chi connectivity index (χ2v) is 3.80. The van der Waals surface area contributed by atoms with Crippen LogP contribution in [0.15, 0.2) is 42.5 Å². The molecule has 0 radical (unpaired) electrons. The largest absolute Gasteiger partial charge is 0.481 e. The number of methoxy groups -OCH3 is 1. The van der Waals surface area contributed by atoms with Crippen LogP contribution in [0.25, 0.3) is 0 Å². The lowest BCUT2D eigenvalue weighted by Gasteiger charge is -2.06. The average Bonchev–Trinajstić information content (AvgIpc) is 2.42. The van der Waals surface area contributed by atoms with Crippen molar-refractivity contribution < 1.29 is 9.47 Å². The highest BCUT2D eigenvalue weighted by Gasteiger charge is 2.00. The Hall–Kier alpha value is -2.07. The number of aromatic nitrogens is 1. The number of pyridine rings is 1. The summed E-state index contributed by atoms with van der Waals surface area (Å²) in [5.74, 6) is 1.80. The van der Waals surface area contributed by atoms with Crippen molar-refractivity contribution in [3.63, 3.8) is 0 Å². The standard InChI is InChI=1S/C14H16N2O2/c1-17-13-3-2-4-14(16-13)18-12-7-5-11(6-8-12)9-10-15/h2-8H,9-10,15H2,1H3. The predicted molar refractivity (Wildman–Crippen MR) is 70.1 cm³/mol. The highest BCUT2D eigenvalue weighted by Crippen LogP contribution is 2.21. The van der Waals surface area contributed by atoms with Gasteiger partial charge >= 0.3 is 0 Å². The average molecular weight is 244 g/mol. The van der Waals surface area contributed by atoms with Crippen molar-refractivity contribution in [3.8, 4) is 17.5 Å². The number of ether oxygens (including phenoxy) is 2. The molecule has 0 aliphatic rings. The monoisotopic (exact) mass is 244 g/mol. The first-order valence-electron chi connectivity index (χ1n) is 5.80. The molecule has 1 heterocycles. The summed E-state index contributed by atoms with van der Waals surface area (Å²) in [6, 6.07) is 13.2. The van der Waals surface area contributed by atoms with E-state index in [0.29, 0.717) is 18.3 Å². The molecule has 18 heavy (non-hydrogen) atoms. The lowest BCUT2D eigenvalue weighted by atomic mass is 10.1. The Kier molecular flexibility index (Phi) is 4.15. The molecule has 0 saturated carbocycles. The Morgan fingerprint density at radius 2 is 1.78 bits per heavy atom. The maximum Gasteiger partial charge on any atom is 0.222 e. The molecule has 94 valence electrons. The Bertz CT molecular complexity index is 497. The third-order valence-corrected chi connectivity index (χ3v) is 2.49. The van der Waals surface area contributed by atoms with Gasteiger partial charge in [0.2, 0.25) is 11.8 Å². The van der Waals surface area contributed by atoms with E-state index in [-0.39, 0.29) is 0 Å². The summed E-state index contributed by atoms with van der Waals surface area (Å²) in [5, 5.41) is 0. The van der Waals surface area contributed by atoms with Gasteiger partial charge in [0.1, 0.15) is 5.75 Å². The maximum atomic E-state index is 5.63. The molecule has 0 aliphatic heterocycles. The van der Waals surface area contributed by atoms with Gasteiger partial charge in [-0.2, -0.15) is 4.98 Å². The first-order chi connectivity index (χ1) is 8.81. The molecular formula is C14H16N2O2. The number of nitrogens with two attached hydrogens (primary N) is 1. The zero-order chi connectivity index (χ0) is 12.8. The van der Waals surface area contributed by atoms with E-state index in [9.17, 15) is 0 Å². The molecule has 0 spiro atoms. The number of benzene rings is 1. The van der Waals surface area contributed by atoms with Crippen molar-refractivity contribution in [1.82, 2.24) is 4.98 Å². The van der Waals surface area contributed by atoms with Gasteiger partial charge < -0.3 is 15.2 Å². The van der Waals surface area contributed by atoms with E-state index in [0.717, 1.165) is 12.2 Å². The third kappa shape index (κ3) is 3.21. The highest BCUT2D eigenvalue weighted by atomic mass is 16.5. The van der Waals surface area contributed by atoms with Crippen LogP contribution in [0.5, 0.6) is 17.5 Å². The maximum absolute atomic E-state index is 5.63. The van der Waals surface area contributed by atoms with Crippen molar-refractivity contribution in [2.24, 2.45) is 5.73 Å². The van der Waals surface area contributed by atoms with Gasteiger partial charge in [0.05, 0.1) is 7.11 Å². The van der Waals surface area contributed by atoms with Crippen LogP contribution in [0.2, 0.25) is 0 Å². The molecule has 0 saturated heterocycles. The normalized spacial score (nSPS) is 10.1. The molecule has 2 aromatic rings. The molecule has 4 nitrogen and oxygen atoms in total. The quantitative estimate of drug-likeness (QED) is 0.877. The van der Waals surface area contributed by atoms with Crippen LogP contribution < -0.4 is 15.2 Å². The predicted octanol–water partition coefficient (Wildman–Crippen LogP) is 2.38. The minimum absolute atomic E-state index is 0.515. The first kappa shape index (κ1) is 12.4. The van der Waals surface area contributed by atoms with Gasteiger partial charge in [-0.25, -0.2) is 0 Å². The number of hydrogen-bond donors (Lipinski definition) is 1. The van der Waals surface area contributed by atoms with Gasteiger partial charge in [0.25, 0.3) is 0 Å². The van der Waals surface area contributed by atoms with E-state index in [1.807, 2.05) is 30.3 Å². The fourth-order valence-corrected chi connectivity index (χ4v) is 1.58. The highest BCUT2D eigenvalue weighted by molar-refractivity contribution is 5.31. The molecule has 0 fully saturated rings. The molecule has 1 aromatic heterocycles. The van der Waals surface area contributed by atoms with Gasteiger partial charge in [0, 0.05) is 12.1 Å². The summed E-state index contributed by atoms with van der Waals surface area (Å²) < 4.78 is 10.7.